The molecule has 0 atom stereocenters. The third-order valence-electron chi connectivity index (χ3n) is 2.75. The van der Waals surface area contributed by atoms with Crippen LogP contribution in [0.15, 0.2) is 29.2 Å². The standard InChI is InChI=1S/C13H14N2OS2/c1-3-15(2)10-6-4-9(5-7-10)8-11-12(16)14-13(17)18-11/h4-8H,3H2,1-2H3,(H,14,16,17)/b11-8+. The lowest BCUT2D eigenvalue weighted by atomic mass is 10.2. The number of nitrogens with zero attached hydrogens (tertiary/aromatic N) is 1. The van der Waals surface area contributed by atoms with Crippen LogP contribution in [0.25, 0.3) is 6.08 Å². The number of anilines is 1. The van der Waals surface area contributed by atoms with Crippen molar-refractivity contribution in [3.05, 3.63) is 34.7 Å². The number of benzene rings is 1. The van der Waals surface area contributed by atoms with Gasteiger partial charge in [-0.25, -0.2) is 0 Å². The van der Waals surface area contributed by atoms with Crippen LogP contribution in [0, 0.1) is 0 Å². The molecule has 1 N–H and O–H groups in total. The highest BCUT2D eigenvalue weighted by Crippen LogP contribution is 2.26. The zero-order valence-corrected chi connectivity index (χ0v) is 11.9. The zero-order valence-electron chi connectivity index (χ0n) is 10.3. The maximum Gasteiger partial charge on any atom is 0.263 e. The number of amides is 1. The molecular weight excluding hydrogens is 264 g/mol. The Morgan fingerprint density at radius 3 is 2.56 bits per heavy atom. The first-order valence-electron chi connectivity index (χ1n) is 5.66. The number of carbonyl (C=O) groups is 1. The molecule has 94 valence electrons. The van der Waals surface area contributed by atoms with Crippen molar-refractivity contribution < 1.29 is 4.79 Å². The van der Waals surface area contributed by atoms with E-state index in [4.69, 9.17) is 12.2 Å². The Hall–Kier alpha value is -1.33. The molecular formula is C13H14N2OS2. The fourth-order valence-electron chi connectivity index (χ4n) is 1.58. The number of carbonyl (C=O) groups excluding carboxylic acids is 1. The second-order valence-corrected chi connectivity index (χ2v) is 5.68. The molecule has 1 amide bonds. The van der Waals surface area contributed by atoms with Gasteiger partial charge in [-0.3, -0.25) is 4.79 Å². The summed E-state index contributed by atoms with van der Waals surface area (Å²) < 4.78 is 0.522. The fourth-order valence-corrected chi connectivity index (χ4v) is 2.62. The van der Waals surface area contributed by atoms with Crippen molar-refractivity contribution in [3.63, 3.8) is 0 Å². The Bertz CT molecular complexity index is 508. The van der Waals surface area contributed by atoms with E-state index < -0.39 is 0 Å². The van der Waals surface area contributed by atoms with Crippen LogP contribution in [0.3, 0.4) is 0 Å². The predicted molar refractivity (Wildman–Crippen MR) is 81.7 cm³/mol. The number of hydrogen-bond donors (Lipinski definition) is 1. The van der Waals surface area contributed by atoms with Gasteiger partial charge in [0.25, 0.3) is 5.91 Å². The van der Waals surface area contributed by atoms with E-state index in [0.717, 1.165) is 12.1 Å². The average Bonchev–Trinajstić information content (AvgIpc) is 2.68. The van der Waals surface area contributed by atoms with Crippen molar-refractivity contribution in [1.82, 2.24) is 5.32 Å². The molecule has 1 aromatic carbocycles. The van der Waals surface area contributed by atoms with Gasteiger partial charge in [-0.2, -0.15) is 0 Å². The first kappa shape index (κ1) is 13.1. The summed E-state index contributed by atoms with van der Waals surface area (Å²) in [6.07, 6.45) is 1.86. The van der Waals surface area contributed by atoms with Crippen molar-refractivity contribution in [3.8, 4) is 0 Å². The minimum atomic E-state index is -0.111. The first-order valence-corrected chi connectivity index (χ1v) is 6.88. The number of thioether (sulfide) groups is 1. The molecule has 1 aromatic rings. The minimum Gasteiger partial charge on any atom is -0.375 e. The number of hydrogen-bond acceptors (Lipinski definition) is 4. The summed E-state index contributed by atoms with van der Waals surface area (Å²) in [7, 11) is 2.05. The first-order chi connectivity index (χ1) is 8.60. The topological polar surface area (TPSA) is 32.3 Å². The Balaban J connectivity index is 2.18. The third-order valence-corrected chi connectivity index (χ3v) is 3.91. The monoisotopic (exact) mass is 278 g/mol. The zero-order chi connectivity index (χ0) is 13.1. The van der Waals surface area contributed by atoms with E-state index in [1.165, 1.54) is 17.4 Å². The lowest BCUT2D eigenvalue weighted by Gasteiger charge is -2.16. The van der Waals surface area contributed by atoms with E-state index in [1.807, 2.05) is 37.4 Å². The molecule has 2 rings (SSSR count). The van der Waals surface area contributed by atoms with Crippen molar-refractivity contribution in [1.29, 1.82) is 0 Å². The van der Waals surface area contributed by atoms with Gasteiger partial charge in [0.2, 0.25) is 0 Å². The molecule has 1 fully saturated rings. The summed E-state index contributed by atoms with van der Waals surface area (Å²) >= 11 is 6.25. The summed E-state index contributed by atoms with van der Waals surface area (Å²) in [4.78, 5) is 14.3. The Labute approximate surface area is 116 Å². The largest absolute Gasteiger partial charge is 0.375 e. The molecule has 1 saturated heterocycles. The maximum atomic E-state index is 11.5. The van der Waals surface area contributed by atoms with Crippen molar-refractivity contribution in [2.45, 2.75) is 6.92 Å². The molecule has 0 saturated carbocycles. The molecule has 0 aliphatic carbocycles. The van der Waals surface area contributed by atoms with Crippen molar-refractivity contribution in [2.24, 2.45) is 0 Å². The van der Waals surface area contributed by atoms with Crippen molar-refractivity contribution >= 4 is 46.0 Å². The van der Waals surface area contributed by atoms with Gasteiger partial charge in [-0.1, -0.05) is 36.1 Å². The van der Waals surface area contributed by atoms with E-state index in [9.17, 15) is 4.79 Å². The van der Waals surface area contributed by atoms with Crippen LogP contribution in [-0.4, -0.2) is 23.8 Å². The van der Waals surface area contributed by atoms with Crippen LogP contribution in [0.2, 0.25) is 0 Å². The van der Waals surface area contributed by atoms with E-state index >= 15 is 0 Å². The maximum absolute atomic E-state index is 11.5. The van der Waals surface area contributed by atoms with E-state index in [-0.39, 0.29) is 5.91 Å². The lowest BCUT2D eigenvalue weighted by molar-refractivity contribution is -0.115. The number of nitrogens with one attached hydrogen (secondary N) is 1. The van der Waals surface area contributed by atoms with Crippen molar-refractivity contribution in [2.75, 3.05) is 18.5 Å². The quantitative estimate of drug-likeness (QED) is 0.680. The summed E-state index contributed by atoms with van der Waals surface area (Å²) in [5.41, 5.74) is 2.17. The van der Waals surface area contributed by atoms with Gasteiger partial charge in [0.1, 0.15) is 4.32 Å². The smallest absolute Gasteiger partial charge is 0.263 e. The molecule has 18 heavy (non-hydrogen) atoms. The molecule has 0 aromatic heterocycles. The Morgan fingerprint density at radius 1 is 1.39 bits per heavy atom. The van der Waals surface area contributed by atoms with Gasteiger partial charge in [0.05, 0.1) is 4.91 Å². The van der Waals surface area contributed by atoms with Crippen LogP contribution in [-0.2, 0) is 4.79 Å². The van der Waals surface area contributed by atoms with E-state index in [2.05, 4.69) is 17.1 Å². The molecule has 0 bridgehead atoms. The van der Waals surface area contributed by atoms with Crippen LogP contribution >= 0.6 is 24.0 Å². The summed E-state index contributed by atoms with van der Waals surface area (Å²) in [5, 5.41) is 2.60. The van der Waals surface area contributed by atoms with Gasteiger partial charge < -0.3 is 10.2 Å². The highest BCUT2D eigenvalue weighted by Gasteiger charge is 2.21. The normalized spacial score (nSPS) is 17.1. The van der Waals surface area contributed by atoms with Crippen LogP contribution in [0.5, 0.6) is 0 Å². The predicted octanol–water partition coefficient (Wildman–Crippen LogP) is 2.63. The minimum absolute atomic E-state index is 0.111. The van der Waals surface area contributed by atoms with Gasteiger partial charge in [-0.05, 0) is 30.7 Å². The van der Waals surface area contributed by atoms with Crippen LogP contribution < -0.4 is 10.2 Å². The third kappa shape index (κ3) is 2.91. The molecule has 3 nitrogen and oxygen atoms in total. The highest BCUT2D eigenvalue weighted by atomic mass is 32.2. The molecule has 0 spiro atoms. The van der Waals surface area contributed by atoms with Gasteiger partial charge in [0.15, 0.2) is 0 Å². The summed E-state index contributed by atoms with van der Waals surface area (Å²) in [6, 6.07) is 8.10. The SMILES string of the molecule is CCN(C)c1ccc(/C=C2/SC(=S)NC2=O)cc1. The van der Waals surface area contributed by atoms with Crippen LogP contribution in [0.4, 0.5) is 5.69 Å². The van der Waals surface area contributed by atoms with E-state index in [1.54, 1.807) is 0 Å². The van der Waals surface area contributed by atoms with Gasteiger partial charge >= 0.3 is 0 Å². The molecule has 1 aliphatic rings. The summed E-state index contributed by atoms with van der Waals surface area (Å²) in [6.45, 7) is 3.07. The molecule has 0 radical (unpaired) electrons. The average molecular weight is 278 g/mol. The molecule has 1 aliphatic heterocycles. The second kappa shape index (κ2) is 5.54. The summed E-state index contributed by atoms with van der Waals surface area (Å²) in [5.74, 6) is -0.111. The molecule has 1 heterocycles. The molecule has 5 heteroatoms. The molecule has 0 unspecified atom stereocenters. The Kier molecular flexibility index (Phi) is 4.04. The van der Waals surface area contributed by atoms with E-state index in [0.29, 0.717) is 9.23 Å². The number of thiocarbonyl (C=S) groups is 1. The number of rotatable bonds is 3. The second-order valence-electron chi connectivity index (χ2n) is 3.96. The fraction of sp³-hybridized carbons (Fsp3) is 0.231. The Morgan fingerprint density at radius 2 is 2.06 bits per heavy atom. The highest BCUT2D eigenvalue weighted by molar-refractivity contribution is 8.26. The van der Waals surface area contributed by atoms with Crippen LogP contribution in [0.1, 0.15) is 12.5 Å². The van der Waals surface area contributed by atoms with Gasteiger partial charge in [0, 0.05) is 19.3 Å². The van der Waals surface area contributed by atoms with Gasteiger partial charge in [-0.15, -0.1) is 0 Å². The lowest BCUT2D eigenvalue weighted by Crippen LogP contribution is -2.17.